The first kappa shape index (κ1) is 26.4. The normalized spacial score (nSPS) is 14.4. The maximum absolute atomic E-state index is 12.9. The summed E-state index contributed by atoms with van der Waals surface area (Å²) in [6, 6.07) is 21.5. The number of hydrogen-bond acceptors (Lipinski definition) is 6. The van der Waals surface area contributed by atoms with Crippen molar-refractivity contribution in [2.45, 2.75) is 39.3 Å². The predicted molar refractivity (Wildman–Crippen MR) is 153 cm³/mol. The van der Waals surface area contributed by atoms with Gasteiger partial charge in [0.25, 0.3) is 5.91 Å². The zero-order valence-electron chi connectivity index (χ0n) is 22.3. The molecular weight excluding hydrogens is 510 g/mol. The molecule has 0 aliphatic carbocycles. The molecule has 1 aromatic heterocycles. The SMILES string of the molecule is CCC(=O)N1CCc2ccc(OCc3nc(C(=O)Nc4ccc(OC)cc4)cs3)cc2[C@H]1c1ccc(C)cc1. The number of nitrogens with zero attached hydrogens (tertiary/aromatic N) is 2. The second-order valence-corrected chi connectivity index (χ2v) is 10.4. The first-order chi connectivity index (χ1) is 18.9. The standard InChI is InChI=1S/C31H31N3O4S/c1-4-29(35)34-16-15-21-9-12-25(17-26(21)30(34)22-7-5-20(2)6-8-22)38-18-28-33-27(19-39-28)31(36)32-23-10-13-24(37-3)14-11-23/h5-14,17,19,30H,4,15-16,18H2,1-3H3,(H,32,36)/t30-/m1/s1. The lowest BCUT2D eigenvalue weighted by atomic mass is 9.87. The highest BCUT2D eigenvalue weighted by molar-refractivity contribution is 7.09. The van der Waals surface area contributed by atoms with E-state index in [9.17, 15) is 9.59 Å². The van der Waals surface area contributed by atoms with E-state index in [1.165, 1.54) is 22.5 Å². The van der Waals surface area contributed by atoms with Gasteiger partial charge in [-0.05, 0) is 66.4 Å². The molecule has 4 aromatic rings. The molecule has 0 saturated carbocycles. The fourth-order valence-corrected chi connectivity index (χ4v) is 5.44. The highest BCUT2D eigenvalue weighted by atomic mass is 32.1. The summed E-state index contributed by atoms with van der Waals surface area (Å²) in [6.07, 6.45) is 1.27. The van der Waals surface area contributed by atoms with Crippen molar-refractivity contribution in [2.24, 2.45) is 0 Å². The molecule has 2 amide bonds. The number of aryl methyl sites for hydroxylation is 1. The van der Waals surface area contributed by atoms with E-state index in [1.54, 1.807) is 36.8 Å². The van der Waals surface area contributed by atoms with E-state index in [0.717, 1.165) is 23.3 Å². The molecule has 0 radical (unpaired) electrons. The quantitative estimate of drug-likeness (QED) is 0.288. The first-order valence-electron chi connectivity index (χ1n) is 13.0. The molecule has 0 saturated heterocycles. The number of fused-ring (bicyclic) bond motifs is 1. The minimum absolute atomic E-state index is 0.140. The van der Waals surface area contributed by atoms with Gasteiger partial charge in [0.05, 0.1) is 13.2 Å². The van der Waals surface area contributed by atoms with Crippen molar-refractivity contribution in [3.05, 3.63) is 105 Å². The topological polar surface area (TPSA) is 80.8 Å². The largest absolute Gasteiger partial charge is 0.497 e. The predicted octanol–water partition coefficient (Wildman–Crippen LogP) is 6.18. The Kier molecular flexibility index (Phi) is 7.93. The number of anilines is 1. The minimum Gasteiger partial charge on any atom is -0.497 e. The number of methoxy groups -OCH3 is 1. The second-order valence-electron chi connectivity index (χ2n) is 9.46. The molecule has 0 spiro atoms. The van der Waals surface area contributed by atoms with Crippen LogP contribution in [0.5, 0.6) is 11.5 Å². The fourth-order valence-electron chi connectivity index (χ4n) is 4.76. The van der Waals surface area contributed by atoms with Gasteiger partial charge in [-0.3, -0.25) is 9.59 Å². The lowest BCUT2D eigenvalue weighted by Crippen LogP contribution is -2.40. The molecule has 1 N–H and O–H groups in total. The number of ether oxygens (including phenoxy) is 2. The third kappa shape index (κ3) is 5.96. The van der Waals surface area contributed by atoms with Crippen molar-refractivity contribution in [1.82, 2.24) is 9.88 Å². The Labute approximate surface area is 232 Å². The summed E-state index contributed by atoms with van der Waals surface area (Å²) in [5.74, 6) is 1.29. The van der Waals surface area contributed by atoms with Crippen LogP contribution in [0.2, 0.25) is 0 Å². The van der Waals surface area contributed by atoms with Gasteiger partial charge in [-0.2, -0.15) is 0 Å². The Morgan fingerprint density at radius 3 is 2.51 bits per heavy atom. The maximum atomic E-state index is 12.9. The summed E-state index contributed by atoms with van der Waals surface area (Å²) < 4.78 is 11.3. The highest BCUT2D eigenvalue weighted by Crippen LogP contribution is 2.37. The van der Waals surface area contributed by atoms with E-state index in [1.807, 2.05) is 24.0 Å². The van der Waals surface area contributed by atoms with Gasteiger partial charge in [-0.1, -0.05) is 42.8 Å². The van der Waals surface area contributed by atoms with Gasteiger partial charge in [0.2, 0.25) is 5.91 Å². The molecule has 1 aliphatic rings. The lowest BCUT2D eigenvalue weighted by Gasteiger charge is -2.38. The molecular formula is C31H31N3O4S. The number of amides is 2. The van der Waals surface area contributed by atoms with Crippen molar-refractivity contribution in [2.75, 3.05) is 19.0 Å². The van der Waals surface area contributed by atoms with Gasteiger partial charge in [-0.25, -0.2) is 4.98 Å². The van der Waals surface area contributed by atoms with Crippen LogP contribution in [0.4, 0.5) is 5.69 Å². The average molecular weight is 542 g/mol. The number of thiazole rings is 1. The molecule has 0 unspecified atom stereocenters. The smallest absolute Gasteiger partial charge is 0.275 e. The second kappa shape index (κ2) is 11.7. The summed E-state index contributed by atoms with van der Waals surface area (Å²) >= 11 is 1.38. The van der Waals surface area contributed by atoms with Crippen molar-refractivity contribution in [3.63, 3.8) is 0 Å². The van der Waals surface area contributed by atoms with E-state index in [0.29, 0.717) is 35.1 Å². The summed E-state index contributed by atoms with van der Waals surface area (Å²) in [5, 5.41) is 5.28. The molecule has 200 valence electrons. The van der Waals surface area contributed by atoms with Crippen LogP contribution < -0.4 is 14.8 Å². The molecule has 8 heteroatoms. The summed E-state index contributed by atoms with van der Waals surface area (Å²) in [5.41, 5.74) is 5.59. The van der Waals surface area contributed by atoms with Crippen LogP contribution in [0, 0.1) is 6.92 Å². The monoisotopic (exact) mass is 541 g/mol. The molecule has 5 rings (SSSR count). The third-order valence-corrected chi connectivity index (χ3v) is 7.68. The molecule has 2 heterocycles. The molecule has 39 heavy (non-hydrogen) atoms. The Morgan fingerprint density at radius 1 is 1.05 bits per heavy atom. The number of hydrogen-bond donors (Lipinski definition) is 1. The van der Waals surface area contributed by atoms with Crippen LogP contribution in [0.3, 0.4) is 0 Å². The lowest BCUT2D eigenvalue weighted by molar-refractivity contribution is -0.132. The van der Waals surface area contributed by atoms with Crippen LogP contribution in [-0.2, 0) is 17.8 Å². The van der Waals surface area contributed by atoms with E-state index < -0.39 is 0 Å². The molecule has 7 nitrogen and oxygen atoms in total. The van der Waals surface area contributed by atoms with Crippen LogP contribution in [0.15, 0.2) is 72.1 Å². The van der Waals surface area contributed by atoms with Crippen LogP contribution in [-0.4, -0.2) is 35.4 Å². The Balaban J connectivity index is 1.30. The number of aromatic nitrogens is 1. The number of nitrogens with one attached hydrogen (secondary N) is 1. The Morgan fingerprint density at radius 2 is 1.79 bits per heavy atom. The van der Waals surface area contributed by atoms with Crippen molar-refractivity contribution >= 4 is 28.8 Å². The number of benzene rings is 3. The maximum Gasteiger partial charge on any atom is 0.275 e. The number of carbonyl (C=O) groups is 2. The molecule has 3 aromatic carbocycles. The highest BCUT2D eigenvalue weighted by Gasteiger charge is 2.31. The minimum atomic E-state index is -0.280. The molecule has 1 aliphatic heterocycles. The van der Waals surface area contributed by atoms with Gasteiger partial charge >= 0.3 is 0 Å². The van der Waals surface area contributed by atoms with Gasteiger partial charge in [0, 0.05) is 24.0 Å². The summed E-state index contributed by atoms with van der Waals surface area (Å²) in [7, 11) is 1.60. The van der Waals surface area contributed by atoms with Crippen LogP contribution in [0.25, 0.3) is 0 Å². The first-order valence-corrected chi connectivity index (χ1v) is 13.8. The molecule has 0 fully saturated rings. The molecule has 0 bridgehead atoms. The van der Waals surface area contributed by atoms with E-state index >= 15 is 0 Å². The number of carbonyl (C=O) groups excluding carboxylic acids is 2. The van der Waals surface area contributed by atoms with Gasteiger partial charge in [0.1, 0.15) is 28.8 Å². The van der Waals surface area contributed by atoms with Crippen molar-refractivity contribution in [3.8, 4) is 11.5 Å². The van der Waals surface area contributed by atoms with E-state index in [-0.39, 0.29) is 24.5 Å². The van der Waals surface area contributed by atoms with Crippen molar-refractivity contribution in [1.29, 1.82) is 0 Å². The fraction of sp³-hybridized carbons (Fsp3) is 0.258. The van der Waals surface area contributed by atoms with Crippen LogP contribution >= 0.6 is 11.3 Å². The Bertz CT molecular complexity index is 1460. The van der Waals surface area contributed by atoms with Gasteiger partial charge in [0.15, 0.2) is 0 Å². The van der Waals surface area contributed by atoms with E-state index in [2.05, 4.69) is 47.6 Å². The zero-order chi connectivity index (χ0) is 27.4. The summed E-state index contributed by atoms with van der Waals surface area (Å²) in [4.78, 5) is 32.0. The average Bonchev–Trinajstić information content (AvgIpc) is 3.45. The number of rotatable bonds is 8. The van der Waals surface area contributed by atoms with Crippen LogP contribution in [0.1, 0.15) is 57.1 Å². The van der Waals surface area contributed by atoms with E-state index in [4.69, 9.17) is 9.47 Å². The van der Waals surface area contributed by atoms with Gasteiger partial charge < -0.3 is 19.7 Å². The third-order valence-electron chi connectivity index (χ3n) is 6.86. The van der Waals surface area contributed by atoms with Crippen molar-refractivity contribution < 1.29 is 19.1 Å². The zero-order valence-corrected chi connectivity index (χ0v) is 23.1. The summed E-state index contributed by atoms with van der Waals surface area (Å²) in [6.45, 7) is 4.90. The Hall–Kier alpha value is -4.17. The molecule has 1 atom stereocenters. The van der Waals surface area contributed by atoms with Gasteiger partial charge in [-0.15, -0.1) is 11.3 Å².